The second kappa shape index (κ2) is 7.81. The summed E-state index contributed by atoms with van der Waals surface area (Å²) in [7, 11) is 0. The van der Waals surface area contributed by atoms with Gasteiger partial charge in [-0.2, -0.15) is 0 Å². The quantitative estimate of drug-likeness (QED) is 0.515. The molecule has 21 heavy (non-hydrogen) atoms. The fourth-order valence-electron chi connectivity index (χ4n) is 1.44. The summed E-state index contributed by atoms with van der Waals surface area (Å²) < 4.78 is 0. The monoisotopic (exact) mass is 292 g/mol. The minimum atomic E-state index is -1.49. The number of primary amides is 1. The minimum absolute atomic E-state index is 0.0528. The zero-order valence-electron chi connectivity index (χ0n) is 11.2. The summed E-state index contributed by atoms with van der Waals surface area (Å²) in [5.74, 6) is -2.26. The highest BCUT2D eigenvalue weighted by molar-refractivity contribution is 5.94. The molecule has 1 aromatic carbocycles. The fraction of sp³-hybridized carbons (Fsp3) is 0.214. The molecule has 7 heteroatoms. The summed E-state index contributed by atoms with van der Waals surface area (Å²) in [6.45, 7) is 0.0528. The largest absolute Gasteiger partial charge is 0.479 e. The summed E-state index contributed by atoms with van der Waals surface area (Å²) in [5, 5.41) is 19.9. The standard InChI is InChI=1S/C14H16N2O5/c15-13(19)10-4-1-9(2-5-10)3-6-12(18)16-8-7-11(17)14(20)21/h1-6,11,17H,7-8H2,(H2,15,19)(H,16,18)(H,20,21)/b6-3+. The molecule has 0 spiro atoms. The van der Waals surface area contributed by atoms with Crippen molar-refractivity contribution in [3.05, 3.63) is 41.5 Å². The number of amides is 2. The smallest absolute Gasteiger partial charge is 0.332 e. The predicted molar refractivity (Wildman–Crippen MR) is 75.3 cm³/mol. The molecule has 112 valence electrons. The van der Waals surface area contributed by atoms with Gasteiger partial charge in [0.15, 0.2) is 6.10 Å². The van der Waals surface area contributed by atoms with Gasteiger partial charge in [-0.3, -0.25) is 9.59 Å². The SMILES string of the molecule is NC(=O)c1ccc(/C=C/C(=O)NCCC(O)C(=O)O)cc1. The fourth-order valence-corrected chi connectivity index (χ4v) is 1.44. The molecule has 0 aliphatic heterocycles. The number of nitrogens with one attached hydrogen (secondary N) is 1. The third kappa shape index (κ3) is 5.87. The number of hydrogen-bond donors (Lipinski definition) is 4. The van der Waals surface area contributed by atoms with Gasteiger partial charge in [-0.05, 0) is 23.8 Å². The Hall–Kier alpha value is -2.67. The van der Waals surface area contributed by atoms with E-state index in [0.717, 1.165) is 0 Å². The van der Waals surface area contributed by atoms with Crippen molar-refractivity contribution in [2.45, 2.75) is 12.5 Å². The van der Waals surface area contributed by atoms with Gasteiger partial charge >= 0.3 is 5.97 Å². The molecule has 0 fully saturated rings. The Balaban J connectivity index is 2.43. The molecule has 0 saturated heterocycles. The molecule has 0 bridgehead atoms. The highest BCUT2D eigenvalue weighted by atomic mass is 16.4. The van der Waals surface area contributed by atoms with Crippen LogP contribution in [0.2, 0.25) is 0 Å². The molecule has 1 rings (SSSR count). The highest BCUT2D eigenvalue weighted by Gasteiger charge is 2.12. The minimum Gasteiger partial charge on any atom is -0.479 e. The number of carbonyl (C=O) groups is 3. The first kappa shape index (κ1) is 16.4. The van der Waals surface area contributed by atoms with Gasteiger partial charge in [-0.15, -0.1) is 0 Å². The molecular formula is C14H16N2O5. The first-order valence-electron chi connectivity index (χ1n) is 6.17. The van der Waals surface area contributed by atoms with Crippen LogP contribution in [0, 0.1) is 0 Å². The van der Waals surface area contributed by atoms with Crippen molar-refractivity contribution in [1.29, 1.82) is 0 Å². The molecule has 0 aliphatic rings. The molecule has 7 nitrogen and oxygen atoms in total. The number of aliphatic carboxylic acids is 1. The van der Waals surface area contributed by atoms with Crippen LogP contribution in [0.15, 0.2) is 30.3 Å². The highest BCUT2D eigenvalue weighted by Crippen LogP contribution is 2.05. The number of carboxylic acids is 1. The zero-order valence-corrected chi connectivity index (χ0v) is 11.2. The Morgan fingerprint density at radius 2 is 1.86 bits per heavy atom. The van der Waals surface area contributed by atoms with E-state index >= 15 is 0 Å². The van der Waals surface area contributed by atoms with E-state index in [4.69, 9.17) is 15.9 Å². The van der Waals surface area contributed by atoms with Crippen molar-refractivity contribution >= 4 is 23.9 Å². The van der Waals surface area contributed by atoms with E-state index in [-0.39, 0.29) is 13.0 Å². The zero-order chi connectivity index (χ0) is 15.8. The number of nitrogens with two attached hydrogens (primary N) is 1. The summed E-state index contributed by atoms with van der Waals surface area (Å²) in [6, 6.07) is 6.36. The summed E-state index contributed by atoms with van der Waals surface area (Å²) in [4.78, 5) is 32.7. The van der Waals surface area contributed by atoms with Gasteiger partial charge in [0.1, 0.15) is 0 Å². The molecule has 1 aromatic rings. The maximum absolute atomic E-state index is 11.4. The molecular weight excluding hydrogens is 276 g/mol. The molecule has 0 radical (unpaired) electrons. The number of carboxylic acid groups (broad SMARTS) is 1. The van der Waals surface area contributed by atoms with Crippen molar-refractivity contribution in [1.82, 2.24) is 5.32 Å². The lowest BCUT2D eigenvalue weighted by Gasteiger charge is -2.05. The number of carbonyl (C=O) groups excluding carboxylic acids is 2. The Labute approximate surface area is 121 Å². The van der Waals surface area contributed by atoms with Crippen molar-refractivity contribution < 1.29 is 24.6 Å². The van der Waals surface area contributed by atoms with E-state index in [9.17, 15) is 14.4 Å². The van der Waals surface area contributed by atoms with Gasteiger partial charge in [0.05, 0.1) is 0 Å². The summed E-state index contributed by atoms with van der Waals surface area (Å²) >= 11 is 0. The van der Waals surface area contributed by atoms with Crippen LogP contribution in [0.5, 0.6) is 0 Å². The van der Waals surface area contributed by atoms with Gasteiger partial charge in [-0.25, -0.2) is 4.79 Å². The van der Waals surface area contributed by atoms with Crippen LogP contribution in [-0.4, -0.2) is 40.6 Å². The topological polar surface area (TPSA) is 130 Å². The molecule has 2 amide bonds. The third-order valence-electron chi connectivity index (χ3n) is 2.62. The molecule has 1 atom stereocenters. The van der Waals surface area contributed by atoms with Crippen molar-refractivity contribution in [3.63, 3.8) is 0 Å². The molecule has 0 aliphatic carbocycles. The predicted octanol–water partition coefficient (Wildman–Crippen LogP) is -0.250. The Kier molecular flexibility index (Phi) is 6.09. The van der Waals surface area contributed by atoms with Crippen molar-refractivity contribution in [2.75, 3.05) is 6.54 Å². The van der Waals surface area contributed by atoms with Crippen LogP contribution < -0.4 is 11.1 Å². The van der Waals surface area contributed by atoms with Gasteiger partial charge in [-0.1, -0.05) is 12.1 Å². The second-order valence-electron chi connectivity index (χ2n) is 4.25. The average molecular weight is 292 g/mol. The van der Waals surface area contributed by atoms with E-state index in [1.807, 2.05) is 0 Å². The van der Waals surface area contributed by atoms with E-state index in [1.54, 1.807) is 24.3 Å². The van der Waals surface area contributed by atoms with Crippen molar-refractivity contribution in [2.24, 2.45) is 5.73 Å². The van der Waals surface area contributed by atoms with E-state index < -0.39 is 23.9 Å². The molecule has 0 aromatic heterocycles. The van der Waals surface area contributed by atoms with Gasteiger partial charge in [0.2, 0.25) is 11.8 Å². The average Bonchev–Trinajstić information content (AvgIpc) is 2.45. The van der Waals surface area contributed by atoms with E-state index in [0.29, 0.717) is 11.1 Å². The number of rotatable bonds is 7. The maximum Gasteiger partial charge on any atom is 0.332 e. The van der Waals surface area contributed by atoms with Crippen molar-refractivity contribution in [3.8, 4) is 0 Å². The van der Waals surface area contributed by atoms with Crippen LogP contribution in [0.3, 0.4) is 0 Å². The van der Waals surface area contributed by atoms with E-state index in [2.05, 4.69) is 5.32 Å². The molecule has 5 N–H and O–H groups in total. The first-order valence-corrected chi connectivity index (χ1v) is 6.17. The van der Waals surface area contributed by atoms with Gasteiger partial charge < -0.3 is 21.3 Å². The Bertz CT molecular complexity index is 551. The van der Waals surface area contributed by atoms with Crippen LogP contribution in [0.25, 0.3) is 6.08 Å². The number of aliphatic hydroxyl groups excluding tert-OH is 1. The number of aliphatic hydroxyl groups is 1. The van der Waals surface area contributed by atoms with Gasteiger partial charge in [0, 0.05) is 24.6 Å². The first-order chi connectivity index (χ1) is 9.90. The third-order valence-corrected chi connectivity index (χ3v) is 2.62. The molecule has 1 unspecified atom stereocenters. The Morgan fingerprint density at radius 3 is 2.38 bits per heavy atom. The maximum atomic E-state index is 11.4. The molecule has 0 heterocycles. The van der Waals surface area contributed by atoms with Crippen LogP contribution >= 0.6 is 0 Å². The molecule has 0 saturated carbocycles. The van der Waals surface area contributed by atoms with Crippen LogP contribution in [0.1, 0.15) is 22.3 Å². The summed E-state index contributed by atoms with van der Waals surface area (Å²) in [5.41, 5.74) is 6.19. The van der Waals surface area contributed by atoms with Gasteiger partial charge in [0.25, 0.3) is 0 Å². The lowest BCUT2D eigenvalue weighted by atomic mass is 10.1. The Morgan fingerprint density at radius 1 is 1.24 bits per heavy atom. The lowest BCUT2D eigenvalue weighted by molar-refractivity contribution is -0.147. The van der Waals surface area contributed by atoms with E-state index in [1.165, 1.54) is 12.2 Å². The number of benzene rings is 1. The lowest BCUT2D eigenvalue weighted by Crippen LogP contribution is -2.28. The second-order valence-corrected chi connectivity index (χ2v) is 4.25. The summed E-state index contributed by atoms with van der Waals surface area (Å²) in [6.07, 6.45) is 1.25. The van der Waals surface area contributed by atoms with Crippen LogP contribution in [0.4, 0.5) is 0 Å². The normalized spacial score (nSPS) is 12.0. The van der Waals surface area contributed by atoms with Crippen LogP contribution in [-0.2, 0) is 9.59 Å². The number of hydrogen-bond acceptors (Lipinski definition) is 4.